The van der Waals surface area contributed by atoms with Gasteiger partial charge in [0.25, 0.3) is 17.4 Å². The minimum atomic E-state index is -2.92. The Balaban J connectivity index is 1.18. The summed E-state index contributed by atoms with van der Waals surface area (Å²) in [4.78, 5) is 30.8. The maximum absolute atomic E-state index is 13.7. The van der Waals surface area contributed by atoms with E-state index >= 15 is 0 Å². The van der Waals surface area contributed by atoms with Crippen LogP contribution in [-0.2, 0) is 10.3 Å². The van der Waals surface area contributed by atoms with Crippen LogP contribution in [0.15, 0.2) is 29.3 Å². The average molecular weight is 497 g/mol. The molecule has 3 aromatic rings. The number of hydrogen-bond acceptors (Lipinski definition) is 8. The van der Waals surface area contributed by atoms with Crippen molar-refractivity contribution in [2.24, 2.45) is 11.8 Å². The van der Waals surface area contributed by atoms with E-state index in [-0.39, 0.29) is 47.1 Å². The molecular formula is C23H21F2N7O4. The molecule has 6 aliphatic rings. The van der Waals surface area contributed by atoms with Gasteiger partial charge in [0, 0.05) is 24.5 Å². The van der Waals surface area contributed by atoms with Crippen LogP contribution in [0.1, 0.15) is 23.2 Å². The SMILES string of the molecule is O=C(N[C@H]1CCC1(F)F)c1cnn2c3c(c(Nc4cccn([C@]56C7OC[C@@H]5[C@H]76)c4=O)nc12)OCCN3. The van der Waals surface area contributed by atoms with Crippen LogP contribution in [0.4, 0.5) is 26.1 Å². The molecule has 0 spiro atoms. The molecule has 5 fully saturated rings. The molecule has 6 heterocycles. The van der Waals surface area contributed by atoms with Gasteiger partial charge >= 0.3 is 0 Å². The summed E-state index contributed by atoms with van der Waals surface area (Å²) in [6.07, 6.45) is 3.14. The quantitative estimate of drug-likeness (QED) is 0.482. The lowest BCUT2D eigenvalue weighted by atomic mass is 9.88. The van der Waals surface area contributed by atoms with Crippen molar-refractivity contribution in [2.75, 3.05) is 30.4 Å². The van der Waals surface area contributed by atoms with Crippen LogP contribution in [0.2, 0.25) is 0 Å². The van der Waals surface area contributed by atoms with Crippen LogP contribution in [0.5, 0.6) is 5.75 Å². The van der Waals surface area contributed by atoms with Gasteiger partial charge in [-0.2, -0.15) is 9.61 Å². The van der Waals surface area contributed by atoms with Crippen molar-refractivity contribution in [3.63, 3.8) is 0 Å². The van der Waals surface area contributed by atoms with Crippen LogP contribution < -0.4 is 26.2 Å². The molecule has 2 saturated heterocycles. The lowest BCUT2D eigenvalue weighted by Crippen LogP contribution is -2.55. The number of nitrogens with zero attached hydrogens (tertiary/aromatic N) is 4. The van der Waals surface area contributed by atoms with Crippen molar-refractivity contribution in [3.8, 4) is 5.75 Å². The Kier molecular flexibility index (Phi) is 3.70. The number of nitrogens with one attached hydrogen (secondary N) is 3. The summed E-state index contributed by atoms with van der Waals surface area (Å²) < 4.78 is 42.2. The van der Waals surface area contributed by atoms with Gasteiger partial charge in [-0.25, -0.2) is 13.8 Å². The first kappa shape index (κ1) is 20.5. The third kappa shape index (κ3) is 2.43. The zero-order valence-corrected chi connectivity index (χ0v) is 18.8. The standard InChI is InChI=1S/C23H21F2N7O4/c24-22(25)4-3-13(22)29-20(33)10-8-27-32-18(10)30-17(15-19(32)26-5-7-35-15)28-12-2-1-6-31(21(12)34)23-11-9-36-16(23)14(11)23/h1-2,6,8,11,13-14,16,26H,3-5,7,9H2,(H,28,30)(H,29,33)/t11-,13+,14-,16?,23-/m1/s1. The first-order valence-electron chi connectivity index (χ1n) is 12.0. The van der Waals surface area contributed by atoms with Crippen molar-refractivity contribution in [1.82, 2.24) is 24.5 Å². The van der Waals surface area contributed by atoms with Gasteiger partial charge in [-0.15, -0.1) is 0 Å². The van der Waals surface area contributed by atoms with Crippen molar-refractivity contribution in [1.29, 1.82) is 0 Å². The highest BCUT2D eigenvalue weighted by Crippen LogP contribution is 2.82. The maximum atomic E-state index is 13.7. The summed E-state index contributed by atoms with van der Waals surface area (Å²) in [6, 6.07) is 2.24. The Morgan fingerprint density at radius 2 is 2.22 bits per heavy atom. The highest BCUT2D eigenvalue weighted by Gasteiger charge is 2.93. The fourth-order valence-electron chi connectivity index (χ4n) is 6.13. The van der Waals surface area contributed by atoms with Crippen LogP contribution in [-0.4, -0.2) is 62.9 Å². The molecular weight excluding hydrogens is 476 g/mol. The molecule has 9 rings (SSSR count). The first-order valence-corrected chi connectivity index (χ1v) is 12.0. The summed E-state index contributed by atoms with van der Waals surface area (Å²) in [5.74, 6) is -1.78. The number of carbonyl (C=O) groups excluding carboxylic acids is 1. The largest absolute Gasteiger partial charge is 0.485 e. The van der Waals surface area contributed by atoms with E-state index in [4.69, 9.17) is 9.47 Å². The maximum Gasteiger partial charge on any atom is 0.274 e. The fraction of sp³-hybridized carbons (Fsp3) is 0.478. The number of amides is 1. The minimum Gasteiger partial charge on any atom is -0.485 e. The number of halogens is 2. The van der Waals surface area contributed by atoms with Gasteiger partial charge in [0.1, 0.15) is 17.9 Å². The van der Waals surface area contributed by atoms with Crippen LogP contribution in [0.3, 0.4) is 0 Å². The van der Waals surface area contributed by atoms with Crippen LogP contribution in [0.25, 0.3) is 5.65 Å². The minimum absolute atomic E-state index is 0.0489. The number of anilines is 3. The summed E-state index contributed by atoms with van der Waals surface area (Å²) in [5, 5.41) is 12.9. The highest BCUT2D eigenvalue weighted by molar-refractivity contribution is 6.00. The zero-order valence-electron chi connectivity index (χ0n) is 18.8. The van der Waals surface area contributed by atoms with Gasteiger partial charge in [-0.3, -0.25) is 9.59 Å². The normalized spacial score (nSPS) is 31.9. The molecule has 1 amide bonds. The Morgan fingerprint density at radius 1 is 1.33 bits per heavy atom. The fourth-order valence-corrected chi connectivity index (χ4v) is 6.13. The number of alkyl halides is 2. The molecule has 3 N–H and O–H groups in total. The molecule has 2 bridgehead atoms. The number of pyridine rings is 1. The Bertz CT molecular complexity index is 1510. The van der Waals surface area contributed by atoms with E-state index in [0.29, 0.717) is 48.8 Å². The molecule has 186 valence electrons. The van der Waals surface area contributed by atoms with Crippen molar-refractivity contribution < 1.29 is 23.0 Å². The van der Waals surface area contributed by atoms with E-state index in [1.165, 1.54) is 10.7 Å². The molecule has 3 saturated carbocycles. The zero-order chi connectivity index (χ0) is 24.4. The van der Waals surface area contributed by atoms with E-state index in [1.807, 2.05) is 0 Å². The number of hydrogen-bond donors (Lipinski definition) is 3. The predicted octanol–water partition coefficient (Wildman–Crippen LogP) is 1.32. The van der Waals surface area contributed by atoms with E-state index in [9.17, 15) is 18.4 Å². The number of aromatic nitrogens is 4. The number of ether oxygens (including phenoxy) is 2. The van der Waals surface area contributed by atoms with Crippen molar-refractivity contribution in [3.05, 3.63) is 40.4 Å². The lowest BCUT2D eigenvalue weighted by Gasteiger charge is -2.36. The molecule has 11 nitrogen and oxygen atoms in total. The number of rotatable bonds is 5. The summed E-state index contributed by atoms with van der Waals surface area (Å²) in [7, 11) is 0. The molecule has 0 radical (unpaired) electrons. The molecule has 1 unspecified atom stereocenters. The Morgan fingerprint density at radius 3 is 2.94 bits per heavy atom. The second kappa shape index (κ2) is 6.52. The van der Waals surface area contributed by atoms with Gasteiger partial charge in [-0.05, 0) is 18.6 Å². The van der Waals surface area contributed by atoms with Gasteiger partial charge in [0.2, 0.25) is 5.75 Å². The number of carbonyl (C=O) groups is 1. The van der Waals surface area contributed by atoms with Crippen molar-refractivity contribution in [2.45, 2.75) is 36.4 Å². The molecule has 3 aliphatic carbocycles. The Hall–Kier alpha value is -3.74. The first-order chi connectivity index (χ1) is 17.4. The van der Waals surface area contributed by atoms with E-state index in [2.05, 4.69) is 26.0 Å². The van der Waals surface area contributed by atoms with E-state index in [1.54, 1.807) is 22.9 Å². The van der Waals surface area contributed by atoms with Crippen molar-refractivity contribution >= 4 is 28.9 Å². The van der Waals surface area contributed by atoms with Gasteiger partial charge in [0.15, 0.2) is 17.3 Å². The van der Waals surface area contributed by atoms with Gasteiger partial charge < -0.3 is 30.0 Å². The second-order valence-corrected chi connectivity index (χ2v) is 10.0. The predicted molar refractivity (Wildman–Crippen MR) is 121 cm³/mol. The lowest BCUT2D eigenvalue weighted by molar-refractivity contribution is -0.102. The topological polar surface area (TPSA) is 124 Å². The highest BCUT2D eigenvalue weighted by atomic mass is 19.3. The van der Waals surface area contributed by atoms with E-state index in [0.717, 1.165) is 0 Å². The monoisotopic (exact) mass is 497 g/mol. The van der Waals surface area contributed by atoms with Crippen LogP contribution in [0, 0.1) is 11.8 Å². The molecule has 13 heteroatoms. The molecule has 3 aliphatic heterocycles. The smallest absolute Gasteiger partial charge is 0.274 e. The molecule has 0 aromatic carbocycles. The summed E-state index contributed by atoms with van der Waals surface area (Å²) >= 11 is 0. The third-order valence-electron chi connectivity index (χ3n) is 8.27. The third-order valence-corrected chi connectivity index (χ3v) is 8.27. The molecule has 5 atom stereocenters. The van der Waals surface area contributed by atoms with Gasteiger partial charge in [0.05, 0.1) is 37.0 Å². The van der Waals surface area contributed by atoms with E-state index < -0.39 is 17.9 Å². The van der Waals surface area contributed by atoms with Gasteiger partial charge in [-0.1, -0.05) is 0 Å². The molecule has 3 aromatic heterocycles. The average Bonchev–Trinajstić information content (AvgIpc) is 3.38. The van der Waals surface area contributed by atoms with Crippen LogP contribution >= 0.6 is 0 Å². The number of fused-ring (bicyclic) bond motifs is 4. The second-order valence-electron chi connectivity index (χ2n) is 10.0. The summed E-state index contributed by atoms with van der Waals surface area (Å²) in [5.41, 5.74) is 0.0877. The summed E-state index contributed by atoms with van der Waals surface area (Å²) in [6.45, 7) is 1.54. The Labute approximate surface area is 201 Å². The molecule has 36 heavy (non-hydrogen) atoms.